The van der Waals surface area contributed by atoms with Crippen LogP contribution in [0.3, 0.4) is 0 Å². The topological polar surface area (TPSA) is 57.0 Å². The average molecular weight is 368 g/mol. The Labute approximate surface area is 154 Å². The van der Waals surface area contributed by atoms with Gasteiger partial charge in [0, 0.05) is 5.02 Å². The quantitative estimate of drug-likeness (QED) is 0.664. The second-order valence-electron chi connectivity index (χ2n) is 5.42. The van der Waals surface area contributed by atoms with E-state index in [-0.39, 0.29) is 5.91 Å². The Morgan fingerprint density at radius 2 is 2.04 bits per heavy atom. The first-order chi connectivity index (χ1) is 12.1. The molecule has 1 amide bonds. The number of halogens is 1. The van der Waals surface area contributed by atoms with Crippen molar-refractivity contribution in [3.63, 3.8) is 0 Å². The van der Waals surface area contributed by atoms with Gasteiger partial charge in [0.2, 0.25) is 0 Å². The van der Waals surface area contributed by atoms with Crippen molar-refractivity contribution >= 4 is 34.5 Å². The van der Waals surface area contributed by atoms with Crippen LogP contribution >= 0.6 is 22.9 Å². The molecule has 25 heavy (non-hydrogen) atoms. The second kappa shape index (κ2) is 7.47. The van der Waals surface area contributed by atoms with E-state index in [9.17, 15) is 10.1 Å². The number of rotatable bonds is 4. The SMILES string of the molecule is Cc1ncsc1C(=O)N(Cc1ccccc1)c1cc(Cl)ccc1C#N. The number of hydrogen-bond acceptors (Lipinski definition) is 4. The smallest absolute Gasteiger partial charge is 0.270 e. The number of thiazole rings is 1. The fourth-order valence-electron chi connectivity index (χ4n) is 2.48. The first kappa shape index (κ1) is 17.2. The van der Waals surface area contributed by atoms with Crippen LogP contribution in [0.2, 0.25) is 5.02 Å². The fraction of sp³-hybridized carbons (Fsp3) is 0.105. The van der Waals surface area contributed by atoms with Crippen molar-refractivity contribution in [1.82, 2.24) is 4.98 Å². The van der Waals surface area contributed by atoms with Crippen molar-refractivity contribution in [3.05, 3.63) is 80.8 Å². The van der Waals surface area contributed by atoms with Crippen molar-refractivity contribution in [2.75, 3.05) is 4.90 Å². The first-order valence-electron chi connectivity index (χ1n) is 7.55. The molecule has 3 rings (SSSR count). The maximum Gasteiger partial charge on any atom is 0.270 e. The summed E-state index contributed by atoms with van der Waals surface area (Å²) in [4.78, 5) is 19.5. The number of hydrogen-bond donors (Lipinski definition) is 0. The van der Waals surface area contributed by atoms with Crippen molar-refractivity contribution in [3.8, 4) is 6.07 Å². The maximum atomic E-state index is 13.2. The van der Waals surface area contributed by atoms with Crippen molar-refractivity contribution in [2.45, 2.75) is 13.5 Å². The van der Waals surface area contributed by atoms with Gasteiger partial charge in [-0.2, -0.15) is 5.26 Å². The third kappa shape index (κ3) is 3.71. The zero-order chi connectivity index (χ0) is 17.8. The number of carbonyl (C=O) groups excluding carboxylic acids is 1. The van der Waals surface area contributed by atoms with Gasteiger partial charge in [-0.3, -0.25) is 4.79 Å². The Kier molecular flexibility index (Phi) is 5.13. The summed E-state index contributed by atoms with van der Waals surface area (Å²) in [7, 11) is 0. The average Bonchev–Trinajstić information content (AvgIpc) is 3.06. The van der Waals surface area contributed by atoms with Crippen molar-refractivity contribution in [1.29, 1.82) is 5.26 Å². The molecule has 4 nitrogen and oxygen atoms in total. The van der Waals surface area contributed by atoms with E-state index >= 15 is 0 Å². The summed E-state index contributed by atoms with van der Waals surface area (Å²) in [5, 5.41) is 9.92. The lowest BCUT2D eigenvalue weighted by Gasteiger charge is -2.24. The van der Waals surface area contributed by atoms with Crippen LogP contribution in [0.5, 0.6) is 0 Å². The summed E-state index contributed by atoms with van der Waals surface area (Å²) in [6.45, 7) is 2.14. The first-order valence-corrected chi connectivity index (χ1v) is 8.81. The van der Waals surface area contributed by atoms with E-state index in [1.165, 1.54) is 11.3 Å². The monoisotopic (exact) mass is 367 g/mol. The molecular formula is C19H14ClN3OS. The fourth-order valence-corrected chi connectivity index (χ4v) is 3.40. The molecule has 0 saturated heterocycles. The molecule has 0 aliphatic heterocycles. The highest BCUT2D eigenvalue weighted by Gasteiger charge is 2.24. The lowest BCUT2D eigenvalue weighted by atomic mass is 10.1. The van der Waals surface area contributed by atoms with E-state index in [0.717, 1.165) is 5.56 Å². The highest BCUT2D eigenvalue weighted by atomic mass is 35.5. The molecule has 124 valence electrons. The van der Waals surface area contributed by atoms with Gasteiger partial charge in [-0.15, -0.1) is 11.3 Å². The largest absolute Gasteiger partial charge is 0.302 e. The Hall–Kier alpha value is -2.68. The molecule has 2 aromatic carbocycles. The van der Waals surface area contributed by atoms with Gasteiger partial charge in [-0.1, -0.05) is 41.9 Å². The van der Waals surface area contributed by atoms with Crippen molar-refractivity contribution < 1.29 is 4.79 Å². The van der Waals surface area contributed by atoms with Gasteiger partial charge >= 0.3 is 0 Å². The number of amides is 1. The summed E-state index contributed by atoms with van der Waals surface area (Å²) in [6.07, 6.45) is 0. The second-order valence-corrected chi connectivity index (χ2v) is 6.71. The lowest BCUT2D eigenvalue weighted by Crippen LogP contribution is -2.31. The van der Waals surface area contributed by atoms with Gasteiger partial charge in [0.15, 0.2) is 0 Å². The molecule has 0 aliphatic rings. The van der Waals surface area contributed by atoms with Crippen LogP contribution in [-0.2, 0) is 6.54 Å². The van der Waals surface area contributed by atoms with E-state index in [2.05, 4.69) is 11.1 Å². The highest BCUT2D eigenvalue weighted by molar-refractivity contribution is 7.12. The third-order valence-electron chi connectivity index (χ3n) is 3.74. The summed E-state index contributed by atoms with van der Waals surface area (Å²) < 4.78 is 0. The number of nitrogens with zero attached hydrogens (tertiary/aromatic N) is 3. The molecule has 3 aromatic rings. The molecule has 0 bridgehead atoms. The van der Waals surface area contributed by atoms with Crippen LogP contribution in [0.15, 0.2) is 54.0 Å². The number of aromatic nitrogens is 1. The highest BCUT2D eigenvalue weighted by Crippen LogP contribution is 2.29. The Bertz CT molecular complexity index is 947. The minimum Gasteiger partial charge on any atom is -0.302 e. The summed E-state index contributed by atoms with van der Waals surface area (Å²) in [5.41, 5.74) is 4.18. The minimum atomic E-state index is -0.192. The zero-order valence-corrected chi connectivity index (χ0v) is 15.0. The Morgan fingerprint density at radius 3 is 2.68 bits per heavy atom. The Morgan fingerprint density at radius 1 is 1.28 bits per heavy atom. The molecule has 0 fully saturated rings. The van der Waals surface area contributed by atoms with Crippen molar-refractivity contribution in [2.24, 2.45) is 0 Å². The zero-order valence-electron chi connectivity index (χ0n) is 13.4. The number of carbonyl (C=O) groups is 1. The van der Waals surface area contributed by atoms with Crippen LogP contribution in [0.25, 0.3) is 0 Å². The molecule has 0 atom stereocenters. The molecule has 6 heteroatoms. The van der Waals surface area contributed by atoms with Gasteiger partial charge in [-0.25, -0.2) is 4.98 Å². The molecule has 0 aliphatic carbocycles. The predicted octanol–water partition coefficient (Wildman–Crippen LogP) is 4.82. The molecule has 1 heterocycles. The molecule has 0 unspecified atom stereocenters. The Balaban J connectivity index is 2.09. The van der Waals surface area contributed by atoms with E-state index in [0.29, 0.717) is 33.4 Å². The van der Waals surface area contributed by atoms with E-state index in [4.69, 9.17) is 11.6 Å². The van der Waals surface area contributed by atoms with Crippen LogP contribution in [-0.4, -0.2) is 10.9 Å². The number of nitriles is 1. The van der Waals surface area contributed by atoms with Crippen LogP contribution in [0.4, 0.5) is 5.69 Å². The number of aryl methyl sites for hydroxylation is 1. The van der Waals surface area contributed by atoms with Crippen LogP contribution < -0.4 is 4.90 Å². The minimum absolute atomic E-state index is 0.192. The van der Waals surface area contributed by atoms with E-state index in [1.54, 1.807) is 35.5 Å². The third-order valence-corrected chi connectivity index (χ3v) is 4.89. The number of anilines is 1. The molecule has 0 spiro atoms. The van der Waals surface area contributed by atoms with Crippen LogP contribution in [0, 0.1) is 18.3 Å². The summed E-state index contributed by atoms with van der Waals surface area (Å²) in [5.74, 6) is -0.192. The molecule has 0 radical (unpaired) electrons. The maximum absolute atomic E-state index is 13.2. The molecule has 1 aromatic heterocycles. The van der Waals surface area contributed by atoms with E-state index < -0.39 is 0 Å². The molecule has 0 N–H and O–H groups in total. The summed E-state index contributed by atoms with van der Waals surface area (Å²) >= 11 is 7.42. The standard InChI is InChI=1S/C19H14ClN3OS/c1-13-18(25-12-22-13)19(24)23(11-14-5-3-2-4-6-14)17-9-16(20)8-7-15(17)10-21/h2-9,12H,11H2,1H3. The van der Waals surface area contributed by atoms with Crippen LogP contribution in [0.1, 0.15) is 26.5 Å². The predicted molar refractivity (Wildman–Crippen MR) is 100.0 cm³/mol. The van der Waals surface area contributed by atoms with Gasteiger partial charge in [0.25, 0.3) is 5.91 Å². The van der Waals surface area contributed by atoms with Gasteiger partial charge in [0.05, 0.1) is 29.0 Å². The van der Waals surface area contributed by atoms with Gasteiger partial charge < -0.3 is 4.90 Å². The summed E-state index contributed by atoms with van der Waals surface area (Å²) in [6, 6.07) is 16.7. The van der Waals surface area contributed by atoms with E-state index in [1.807, 2.05) is 30.3 Å². The number of benzene rings is 2. The normalized spacial score (nSPS) is 10.3. The van der Waals surface area contributed by atoms with Gasteiger partial charge in [-0.05, 0) is 30.7 Å². The lowest BCUT2D eigenvalue weighted by molar-refractivity contribution is 0.0988. The van der Waals surface area contributed by atoms with Gasteiger partial charge in [0.1, 0.15) is 10.9 Å². The molecule has 0 saturated carbocycles. The molecular weight excluding hydrogens is 354 g/mol.